The van der Waals surface area contributed by atoms with Gasteiger partial charge >= 0.3 is 12.0 Å². The van der Waals surface area contributed by atoms with Gasteiger partial charge in [-0.15, -0.1) is 0 Å². The SMILES string of the molecule is CC[N+]1=Cc2ncc(NC(C)c3cccc(NC(=O)Cc4ccc(C(F)(F)F)cn4)c3)nc21. The minimum atomic E-state index is -4.46. The highest BCUT2D eigenvalue weighted by molar-refractivity contribution is 5.92. The van der Waals surface area contributed by atoms with E-state index in [-0.39, 0.29) is 24.1 Å². The minimum absolute atomic E-state index is 0.107. The maximum Gasteiger partial charge on any atom is 0.417 e. The Balaban J connectivity index is 1.37. The lowest BCUT2D eigenvalue weighted by molar-refractivity contribution is -0.447. The van der Waals surface area contributed by atoms with E-state index >= 15 is 0 Å². The van der Waals surface area contributed by atoms with Crippen LogP contribution in [0.3, 0.4) is 0 Å². The topological polar surface area (TPSA) is 82.8 Å². The summed E-state index contributed by atoms with van der Waals surface area (Å²) in [5.74, 6) is 1.12. The Morgan fingerprint density at radius 3 is 2.67 bits per heavy atom. The van der Waals surface area contributed by atoms with E-state index in [1.807, 2.05) is 42.8 Å². The third kappa shape index (κ3) is 5.16. The van der Waals surface area contributed by atoms with Gasteiger partial charge in [-0.05, 0) is 48.7 Å². The number of pyridine rings is 1. The van der Waals surface area contributed by atoms with Crippen molar-refractivity contribution in [3.8, 4) is 0 Å². The number of nitrogens with zero attached hydrogens (tertiary/aromatic N) is 4. The summed E-state index contributed by atoms with van der Waals surface area (Å²) < 4.78 is 40.0. The monoisotopic (exact) mass is 455 g/mol. The van der Waals surface area contributed by atoms with E-state index in [0.29, 0.717) is 11.5 Å². The van der Waals surface area contributed by atoms with Crippen LogP contribution >= 0.6 is 0 Å². The van der Waals surface area contributed by atoms with Crippen LogP contribution in [-0.2, 0) is 17.4 Å². The molecule has 2 N–H and O–H groups in total. The van der Waals surface area contributed by atoms with Crippen LogP contribution in [-0.4, -0.2) is 38.2 Å². The maximum absolute atomic E-state index is 12.6. The van der Waals surface area contributed by atoms with Crippen LogP contribution in [0.1, 0.15) is 42.4 Å². The van der Waals surface area contributed by atoms with E-state index in [2.05, 4.69) is 25.6 Å². The lowest BCUT2D eigenvalue weighted by Crippen LogP contribution is -2.22. The predicted molar refractivity (Wildman–Crippen MR) is 118 cm³/mol. The second-order valence-corrected chi connectivity index (χ2v) is 7.63. The Kier molecular flexibility index (Phi) is 6.08. The number of halogens is 3. The smallest absolute Gasteiger partial charge is 0.342 e. The Hall–Kier alpha value is -3.82. The van der Waals surface area contributed by atoms with Crippen molar-refractivity contribution in [3.63, 3.8) is 0 Å². The molecule has 10 heteroatoms. The summed E-state index contributed by atoms with van der Waals surface area (Å²) >= 11 is 0. The maximum atomic E-state index is 12.6. The molecule has 33 heavy (non-hydrogen) atoms. The highest BCUT2D eigenvalue weighted by atomic mass is 19.4. The summed E-state index contributed by atoms with van der Waals surface area (Å²) in [5, 5.41) is 6.08. The Bertz CT molecular complexity index is 1210. The van der Waals surface area contributed by atoms with E-state index in [1.165, 1.54) is 6.07 Å². The third-order valence-electron chi connectivity index (χ3n) is 5.20. The number of hydrogen-bond donors (Lipinski definition) is 2. The largest absolute Gasteiger partial charge is 0.417 e. The van der Waals surface area contributed by atoms with Crippen LogP contribution in [0.2, 0.25) is 0 Å². The van der Waals surface area contributed by atoms with Gasteiger partial charge < -0.3 is 10.6 Å². The van der Waals surface area contributed by atoms with E-state index in [4.69, 9.17) is 0 Å². The number of nitrogens with one attached hydrogen (secondary N) is 2. The van der Waals surface area contributed by atoms with Gasteiger partial charge in [0.1, 0.15) is 6.21 Å². The number of aromatic nitrogens is 3. The van der Waals surface area contributed by atoms with Crippen LogP contribution in [0, 0.1) is 0 Å². The zero-order chi connectivity index (χ0) is 23.6. The van der Waals surface area contributed by atoms with Gasteiger partial charge in [0, 0.05) is 17.6 Å². The van der Waals surface area contributed by atoms with E-state index in [1.54, 1.807) is 12.3 Å². The fraction of sp³-hybridized carbons (Fsp3) is 0.261. The molecule has 1 aliphatic heterocycles. The quantitative estimate of drug-likeness (QED) is 0.518. The van der Waals surface area contributed by atoms with Gasteiger partial charge in [0.25, 0.3) is 5.82 Å². The first-order chi connectivity index (χ1) is 15.7. The van der Waals surface area contributed by atoms with Gasteiger partial charge in [-0.2, -0.15) is 13.2 Å². The number of amides is 1. The summed E-state index contributed by atoms with van der Waals surface area (Å²) in [6.45, 7) is 4.83. The van der Waals surface area contributed by atoms with Crippen molar-refractivity contribution in [1.82, 2.24) is 15.0 Å². The molecular weight excluding hydrogens is 433 g/mol. The molecule has 1 unspecified atom stereocenters. The molecule has 0 aliphatic carbocycles. The molecule has 1 aromatic carbocycles. The number of carbonyl (C=O) groups excluding carboxylic acids is 1. The number of rotatable bonds is 7. The van der Waals surface area contributed by atoms with E-state index in [0.717, 1.165) is 35.9 Å². The number of hydrogen-bond acceptors (Lipinski definition) is 5. The normalized spacial score (nSPS) is 13.4. The molecule has 3 aromatic rings. The molecule has 3 heterocycles. The van der Waals surface area contributed by atoms with Gasteiger partial charge in [0.2, 0.25) is 5.91 Å². The Morgan fingerprint density at radius 1 is 1.15 bits per heavy atom. The number of carbonyl (C=O) groups is 1. The predicted octanol–water partition coefficient (Wildman–Crippen LogP) is 4.34. The van der Waals surface area contributed by atoms with Crippen molar-refractivity contribution in [2.45, 2.75) is 32.5 Å². The molecule has 1 amide bonds. The summed E-state index contributed by atoms with van der Waals surface area (Å²) in [7, 11) is 0. The van der Waals surface area contributed by atoms with E-state index < -0.39 is 11.7 Å². The van der Waals surface area contributed by atoms with Crippen molar-refractivity contribution < 1.29 is 22.5 Å². The average molecular weight is 455 g/mol. The number of benzene rings is 1. The molecule has 0 spiro atoms. The van der Waals surface area contributed by atoms with Crippen molar-refractivity contribution >= 4 is 29.4 Å². The molecule has 1 atom stereocenters. The molecule has 4 rings (SSSR count). The fourth-order valence-electron chi connectivity index (χ4n) is 3.40. The first-order valence-electron chi connectivity index (χ1n) is 10.4. The summed E-state index contributed by atoms with van der Waals surface area (Å²) in [6, 6.07) is 9.33. The molecule has 0 fully saturated rings. The average Bonchev–Trinajstić information content (AvgIpc) is 2.75. The van der Waals surface area contributed by atoms with Crippen molar-refractivity contribution in [2.24, 2.45) is 0 Å². The van der Waals surface area contributed by atoms with Crippen LogP contribution in [0.5, 0.6) is 0 Å². The standard InChI is InChI=1S/C23H21F3N6O/c1-3-32-13-19-22(32)31-20(12-28-19)29-14(2)15-5-4-6-18(9-15)30-21(33)10-17-8-7-16(11-27-17)23(24,25)26/h4-9,11-14H,3,10H2,1-2H3,(H,30,33)/p+1. The summed E-state index contributed by atoms with van der Waals surface area (Å²) in [6.07, 6.45) is -0.234. The molecule has 0 bridgehead atoms. The Morgan fingerprint density at radius 2 is 1.97 bits per heavy atom. The highest BCUT2D eigenvalue weighted by Gasteiger charge is 2.31. The zero-order valence-corrected chi connectivity index (χ0v) is 18.0. The van der Waals surface area contributed by atoms with Gasteiger partial charge in [-0.25, -0.2) is 9.56 Å². The molecule has 7 nitrogen and oxygen atoms in total. The molecule has 170 valence electrons. The number of alkyl halides is 3. The number of anilines is 2. The van der Waals surface area contributed by atoms with Gasteiger partial charge in [-0.1, -0.05) is 12.1 Å². The minimum Gasteiger partial charge on any atom is -0.342 e. The number of fused-ring (bicyclic) bond motifs is 1. The molecular formula is C23H22F3N6O+. The van der Waals surface area contributed by atoms with Crippen molar-refractivity contribution in [2.75, 3.05) is 17.2 Å². The fourth-order valence-corrected chi connectivity index (χ4v) is 3.40. The molecule has 0 saturated carbocycles. The van der Waals surface area contributed by atoms with Crippen LogP contribution in [0.25, 0.3) is 0 Å². The first kappa shape index (κ1) is 22.4. The second kappa shape index (κ2) is 8.97. The van der Waals surface area contributed by atoms with Gasteiger partial charge in [0.05, 0.1) is 30.8 Å². The second-order valence-electron chi connectivity index (χ2n) is 7.63. The van der Waals surface area contributed by atoms with Crippen LogP contribution in [0.15, 0.2) is 48.8 Å². The van der Waals surface area contributed by atoms with E-state index in [9.17, 15) is 18.0 Å². The lowest BCUT2D eigenvalue weighted by Gasteiger charge is -2.16. The first-order valence-corrected chi connectivity index (χ1v) is 10.4. The molecule has 1 aliphatic rings. The van der Waals surface area contributed by atoms with Crippen LogP contribution in [0.4, 0.5) is 30.5 Å². The Labute approximate surface area is 188 Å². The highest BCUT2D eigenvalue weighted by Crippen LogP contribution is 2.28. The lowest BCUT2D eigenvalue weighted by atomic mass is 10.1. The van der Waals surface area contributed by atoms with Gasteiger partial charge in [-0.3, -0.25) is 9.78 Å². The summed E-state index contributed by atoms with van der Waals surface area (Å²) in [4.78, 5) is 25.1. The molecule has 0 saturated heterocycles. The molecule has 0 radical (unpaired) electrons. The van der Waals surface area contributed by atoms with Crippen molar-refractivity contribution in [1.29, 1.82) is 0 Å². The zero-order valence-electron chi connectivity index (χ0n) is 18.0. The summed E-state index contributed by atoms with van der Waals surface area (Å²) in [5.41, 5.74) is 1.77. The molecule has 2 aromatic heterocycles. The van der Waals surface area contributed by atoms with Gasteiger partial charge in [0.15, 0.2) is 5.69 Å². The van der Waals surface area contributed by atoms with Crippen LogP contribution < -0.4 is 10.6 Å². The third-order valence-corrected chi connectivity index (χ3v) is 5.20. The van der Waals surface area contributed by atoms with Crippen molar-refractivity contribution in [3.05, 3.63) is 71.3 Å².